The molecular weight excluding hydrogens is 392 g/mol. The van der Waals surface area contributed by atoms with Crippen LogP contribution in [0.25, 0.3) is 11.0 Å². The highest BCUT2D eigenvalue weighted by molar-refractivity contribution is 6.05. The number of aromatic nitrogens is 2. The molecule has 1 aromatic heterocycles. The maximum atomic E-state index is 12.7. The lowest BCUT2D eigenvalue weighted by atomic mass is 10.1. The normalized spacial score (nSPS) is 14.9. The minimum Gasteiger partial charge on any atom is -0.493 e. The fraction of sp³-hybridized carbons (Fsp3) is 0.417. The van der Waals surface area contributed by atoms with Gasteiger partial charge in [-0.2, -0.15) is 0 Å². The summed E-state index contributed by atoms with van der Waals surface area (Å²) in [6, 6.07) is 11.0. The summed E-state index contributed by atoms with van der Waals surface area (Å²) < 4.78 is 12.7. The van der Waals surface area contributed by atoms with Gasteiger partial charge in [0.25, 0.3) is 5.91 Å². The van der Waals surface area contributed by atoms with Crippen LogP contribution in [0.2, 0.25) is 0 Å². The van der Waals surface area contributed by atoms with Gasteiger partial charge >= 0.3 is 0 Å². The van der Waals surface area contributed by atoms with Crippen molar-refractivity contribution in [3.05, 3.63) is 47.8 Å². The van der Waals surface area contributed by atoms with E-state index in [9.17, 15) is 4.79 Å². The van der Waals surface area contributed by atoms with E-state index in [0.29, 0.717) is 22.7 Å². The molecule has 7 heteroatoms. The Morgan fingerprint density at radius 3 is 2.45 bits per heavy atom. The van der Waals surface area contributed by atoms with Crippen LogP contribution in [0, 0.1) is 0 Å². The van der Waals surface area contributed by atoms with Crippen LogP contribution in [0.15, 0.2) is 36.4 Å². The Hall–Kier alpha value is -3.06. The molecule has 7 nitrogen and oxygen atoms in total. The third-order valence-corrected chi connectivity index (χ3v) is 5.94. The molecule has 0 unspecified atom stereocenters. The van der Waals surface area contributed by atoms with E-state index in [1.54, 1.807) is 32.4 Å². The number of hydrogen-bond acceptors (Lipinski definition) is 5. The monoisotopic (exact) mass is 422 g/mol. The number of benzene rings is 2. The van der Waals surface area contributed by atoms with E-state index in [1.807, 2.05) is 18.2 Å². The molecule has 2 aromatic carbocycles. The molecule has 1 amide bonds. The zero-order chi connectivity index (χ0) is 21.8. The van der Waals surface area contributed by atoms with Gasteiger partial charge < -0.3 is 19.4 Å². The van der Waals surface area contributed by atoms with Crippen molar-refractivity contribution in [3.63, 3.8) is 0 Å². The molecule has 1 aliphatic rings. The molecule has 1 aliphatic heterocycles. The molecule has 0 bridgehead atoms. The summed E-state index contributed by atoms with van der Waals surface area (Å²) in [6.07, 6.45) is 5.16. The van der Waals surface area contributed by atoms with Gasteiger partial charge in [-0.1, -0.05) is 12.8 Å². The number of nitrogens with zero attached hydrogens (tertiary/aromatic N) is 3. The van der Waals surface area contributed by atoms with Gasteiger partial charge in [0, 0.05) is 18.3 Å². The highest BCUT2D eigenvalue weighted by Gasteiger charge is 2.16. The van der Waals surface area contributed by atoms with Crippen molar-refractivity contribution in [1.29, 1.82) is 0 Å². The van der Waals surface area contributed by atoms with E-state index >= 15 is 0 Å². The van der Waals surface area contributed by atoms with Crippen LogP contribution in [0.4, 0.5) is 5.69 Å². The lowest BCUT2D eigenvalue weighted by Gasteiger charge is -2.19. The van der Waals surface area contributed by atoms with Crippen LogP contribution in [0.1, 0.15) is 41.9 Å². The maximum absolute atomic E-state index is 12.7. The third-order valence-electron chi connectivity index (χ3n) is 5.94. The van der Waals surface area contributed by atoms with Crippen molar-refractivity contribution in [1.82, 2.24) is 14.5 Å². The lowest BCUT2D eigenvalue weighted by Crippen LogP contribution is -2.25. The molecule has 164 valence electrons. The molecule has 3 aromatic rings. The molecule has 0 spiro atoms. The van der Waals surface area contributed by atoms with Crippen molar-refractivity contribution in [2.24, 2.45) is 7.05 Å². The number of methoxy groups -OCH3 is 2. The minimum absolute atomic E-state index is 0.207. The number of likely N-dealkylation sites (tertiary alicyclic amines) is 1. The zero-order valence-electron chi connectivity index (χ0n) is 18.5. The number of aryl methyl sites for hydroxylation is 1. The third kappa shape index (κ3) is 4.66. The van der Waals surface area contributed by atoms with Gasteiger partial charge in [-0.25, -0.2) is 4.98 Å². The molecule has 0 atom stereocenters. The Balaban J connectivity index is 1.52. The van der Waals surface area contributed by atoms with Gasteiger partial charge in [0.15, 0.2) is 11.5 Å². The second kappa shape index (κ2) is 9.39. The summed E-state index contributed by atoms with van der Waals surface area (Å²) in [5, 5.41) is 2.96. The first-order chi connectivity index (χ1) is 15.1. The molecule has 31 heavy (non-hydrogen) atoms. The van der Waals surface area contributed by atoms with Gasteiger partial charge in [0.05, 0.1) is 31.8 Å². The number of nitrogens with one attached hydrogen (secondary N) is 1. The number of ether oxygens (including phenoxy) is 2. The van der Waals surface area contributed by atoms with Gasteiger partial charge in [-0.05, 0) is 62.3 Å². The zero-order valence-corrected chi connectivity index (χ0v) is 18.5. The molecule has 0 aliphatic carbocycles. The van der Waals surface area contributed by atoms with Gasteiger partial charge in [0.2, 0.25) is 0 Å². The number of anilines is 1. The van der Waals surface area contributed by atoms with Crippen molar-refractivity contribution in [3.8, 4) is 11.5 Å². The molecular formula is C24H30N4O3. The summed E-state index contributed by atoms with van der Waals surface area (Å²) in [6.45, 7) is 3.13. The smallest absolute Gasteiger partial charge is 0.255 e. The molecule has 1 saturated heterocycles. The predicted octanol–water partition coefficient (Wildman–Crippen LogP) is 4.22. The molecule has 0 radical (unpaired) electrons. The first-order valence-electron chi connectivity index (χ1n) is 10.8. The van der Waals surface area contributed by atoms with Crippen LogP contribution in [-0.2, 0) is 13.6 Å². The second-order valence-corrected chi connectivity index (χ2v) is 8.00. The summed E-state index contributed by atoms with van der Waals surface area (Å²) >= 11 is 0. The Morgan fingerprint density at radius 2 is 1.74 bits per heavy atom. The van der Waals surface area contributed by atoms with E-state index in [2.05, 4.69) is 21.8 Å². The summed E-state index contributed by atoms with van der Waals surface area (Å²) in [7, 11) is 5.18. The number of rotatable bonds is 6. The van der Waals surface area contributed by atoms with Crippen molar-refractivity contribution in [2.75, 3.05) is 32.6 Å². The average Bonchev–Trinajstić information content (AvgIpc) is 2.94. The van der Waals surface area contributed by atoms with Crippen LogP contribution >= 0.6 is 0 Å². The minimum atomic E-state index is -0.207. The maximum Gasteiger partial charge on any atom is 0.255 e. The van der Waals surface area contributed by atoms with Crippen LogP contribution < -0.4 is 14.8 Å². The number of carbonyl (C=O) groups is 1. The highest BCUT2D eigenvalue weighted by atomic mass is 16.5. The van der Waals surface area contributed by atoms with Crippen LogP contribution in [0.3, 0.4) is 0 Å². The van der Waals surface area contributed by atoms with Crippen molar-refractivity contribution >= 4 is 22.6 Å². The van der Waals surface area contributed by atoms with Crippen LogP contribution in [-0.4, -0.2) is 47.7 Å². The summed E-state index contributed by atoms with van der Waals surface area (Å²) in [5.41, 5.74) is 3.17. The topological polar surface area (TPSA) is 68.6 Å². The molecule has 1 N–H and O–H groups in total. The predicted molar refractivity (Wildman–Crippen MR) is 122 cm³/mol. The quantitative estimate of drug-likeness (QED) is 0.644. The Kier molecular flexibility index (Phi) is 6.42. The van der Waals surface area contributed by atoms with E-state index in [1.165, 1.54) is 25.7 Å². The Morgan fingerprint density at radius 1 is 1.00 bits per heavy atom. The standard InChI is InChI=1S/C24H30N4O3/c1-27-20-10-9-18(25-24(29)17-8-11-21(30-2)22(14-17)31-3)15-19(20)26-23(27)16-28-12-6-4-5-7-13-28/h8-11,14-15H,4-7,12-13,16H2,1-3H3,(H,25,29). The fourth-order valence-corrected chi connectivity index (χ4v) is 4.14. The first-order valence-corrected chi connectivity index (χ1v) is 10.8. The SMILES string of the molecule is COc1ccc(C(=O)Nc2ccc3c(c2)nc(CN2CCCCCC2)n3C)cc1OC. The fourth-order valence-electron chi connectivity index (χ4n) is 4.14. The van der Waals surface area contributed by atoms with E-state index < -0.39 is 0 Å². The summed E-state index contributed by atoms with van der Waals surface area (Å²) in [5.74, 6) is 1.96. The number of imidazole rings is 1. The van der Waals surface area contributed by atoms with E-state index in [-0.39, 0.29) is 5.91 Å². The molecule has 0 saturated carbocycles. The number of fused-ring (bicyclic) bond motifs is 1. The first kappa shape index (κ1) is 21.2. The van der Waals surface area contributed by atoms with E-state index in [0.717, 1.165) is 36.5 Å². The van der Waals surface area contributed by atoms with Crippen LogP contribution in [0.5, 0.6) is 11.5 Å². The molecule has 2 heterocycles. The molecule has 4 rings (SSSR count). The number of hydrogen-bond donors (Lipinski definition) is 1. The number of carbonyl (C=O) groups excluding carboxylic acids is 1. The summed E-state index contributed by atoms with van der Waals surface area (Å²) in [4.78, 5) is 20.1. The van der Waals surface area contributed by atoms with Gasteiger partial charge in [0.1, 0.15) is 5.82 Å². The number of amides is 1. The highest BCUT2D eigenvalue weighted by Crippen LogP contribution is 2.28. The molecule has 1 fully saturated rings. The Labute approximate surface area is 183 Å². The van der Waals surface area contributed by atoms with E-state index in [4.69, 9.17) is 14.5 Å². The van der Waals surface area contributed by atoms with Crippen molar-refractivity contribution < 1.29 is 14.3 Å². The van der Waals surface area contributed by atoms with Gasteiger partial charge in [-0.15, -0.1) is 0 Å². The largest absolute Gasteiger partial charge is 0.493 e. The average molecular weight is 423 g/mol. The Bertz CT molecular complexity index is 1070. The van der Waals surface area contributed by atoms with Gasteiger partial charge in [-0.3, -0.25) is 9.69 Å². The second-order valence-electron chi connectivity index (χ2n) is 8.00. The van der Waals surface area contributed by atoms with Crippen molar-refractivity contribution in [2.45, 2.75) is 32.2 Å². The lowest BCUT2D eigenvalue weighted by molar-refractivity contribution is 0.102.